The number of carbonyl (C=O) groups is 2. The topological polar surface area (TPSA) is 86.8 Å². The summed E-state index contributed by atoms with van der Waals surface area (Å²) in [6.45, 7) is 7.13. The van der Waals surface area contributed by atoms with Gasteiger partial charge in [0, 0.05) is 26.1 Å². The smallest absolute Gasteiger partial charge is 0.242 e. The highest BCUT2D eigenvalue weighted by Gasteiger charge is 2.28. The fraction of sp³-hybridized carbons (Fsp3) is 0.500. The van der Waals surface area contributed by atoms with Gasteiger partial charge < -0.3 is 10.2 Å². The number of amides is 2. The van der Waals surface area contributed by atoms with Crippen LogP contribution in [0, 0.1) is 0 Å². The number of anilines is 1. The van der Waals surface area contributed by atoms with Crippen LogP contribution in [0.15, 0.2) is 54.6 Å². The van der Waals surface area contributed by atoms with Crippen LogP contribution in [0.25, 0.3) is 0 Å². The first-order valence-electron chi connectivity index (χ1n) is 12.9. The van der Waals surface area contributed by atoms with E-state index >= 15 is 0 Å². The van der Waals surface area contributed by atoms with E-state index in [2.05, 4.69) is 5.32 Å². The maximum Gasteiger partial charge on any atom is 0.242 e. The first-order valence-corrected chi connectivity index (χ1v) is 14.7. The Morgan fingerprint density at radius 2 is 1.58 bits per heavy atom. The Balaban J connectivity index is 2.13. The second-order valence-corrected chi connectivity index (χ2v) is 10.9. The molecule has 2 aromatic rings. The lowest BCUT2D eigenvalue weighted by molar-refractivity contribution is -0.140. The summed E-state index contributed by atoms with van der Waals surface area (Å²) >= 11 is 0. The van der Waals surface area contributed by atoms with Crippen molar-refractivity contribution in [1.82, 2.24) is 10.2 Å². The van der Waals surface area contributed by atoms with E-state index in [0.29, 0.717) is 38.0 Å². The summed E-state index contributed by atoms with van der Waals surface area (Å²) in [5.41, 5.74) is 2.81. The molecule has 2 rings (SSSR count). The highest BCUT2D eigenvalue weighted by atomic mass is 32.2. The van der Waals surface area contributed by atoms with E-state index < -0.39 is 16.1 Å². The van der Waals surface area contributed by atoms with Gasteiger partial charge in [-0.2, -0.15) is 0 Å². The molecule has 0 fully saturated rings. The van der Waals surface area contributed by atoms with Crippen molar-refractivity contribution in [2.24, 2.45) is 0 Å². The summed E-state index contributed by atoms with van der Waals surface area (Å²) < 4.78 is 26.3. The van der Waals surface area contributed by atoms with Crippen LogP contribution >= 0.6 is 0 Å². The fourth-order valence-electron chi connectivity index (χ4n) is 4.16. The third-order valence-electron chi connectivity index (χ3n) is 6.20. The van der Waals surface area contributed by atoms with Crippen molar-refractivity contribution < 1.29 is 18.0 Å². The Kier molecular flexibility index (Phi) is 11.9. The van der Waals surface area contributed by atoms with Gasteiger partial charge in [0.05, 0.1) is 11.9 Å². The number of rotatable bonds is 15. The molecular formula is C28H41N3O4S. The van der Waals surface area contributed by atoms with Gasteiger partial charge in [0.15, 0.2) is 0 Å². The summed E-state index contributed by atoms with van der Waals surface area (Å²) in [5.74, 6) is -0.284. The van der Waals surface area contributed by atoms with E-state index in [4.69, 9.17) is 0 Å². The van der Waals surface area contributed by atoms with E-state index in [1.807, 2.05) is 63.2 Å². The molecule has 0 spiro atoms. The summed E-state index contributed by atoms with van der Waals surface area (Å²) in [4.78, 5) is 27.9. The molecular weight excluding hydrogens is 474 g/mol. The molecule has 0 saturated heterocycles. The van der Waals surface area contributed by atoms with Crippen LogP contribution in [-0.4, -0.2) is 57.1 Å². The fourth-order valence-corrected chi connectivity index (χ4v) is 5.13. The van der Waals surface area contributed by atoms with Gasteiger partial charge in [0.1, 0.15) is 6.04 Å². The van der Waals surface area contributed by atoms with Crippen LogP contribution in [0.5, 0.6) is 0 Å². The molecule has 1 atom stereocenters. The maximum absolute atomic E-state index is 13.4. The van der Waals surface area contributed by atoms with E-state index in [1.165, 1.54) is 10.6 Å². The van der Waals surface area contributed by atoms with Gasteiger partial charge in [-0.05, 0) is 55.4 Å². The Morgan fingerprint density at radius 3 is 2.14 bits per heavy atom. The molecule has 0 aliphatic heterocycles. The zero-order chi connectivity index (χ0) is 26.6. The molecule has 7 nitrogen and oxygen atoms in total. The van der Waals surface area contributed by atoms with E-state index in [1.54, 1.807) is 17.0 Å². The van der Waals surface area contributed by atoms with Crippen molar-refractivity contribution in [1.29, 1.82) is 0 Å². The largest absolute Gasteiger partial charge is 0.354 e. The molecule has 0 aliphatic rings. The molecule has 2 amide bonds. The van der Waals surface area contributed by atoms with Gasteiger partial charge in [-0.1, -0.05) is 63.2 Å². The van der Waals surface area contributed by atoms with E-state index in [-0.39, 0.29) is 24.8 Å². The summed E-state index contributed by atoms with van der Waals surface area (Å²) in [7, 11) is -3.50. The molecule has 0 saturated carbocycles. The van der Waals surface area contributed by atoms with E-state index in [0.717, 1.165) is 24.0 Å². The number of aryl methyl sites for hydroxylation is 1. The van der Waals surface area contributed by atoms with Crippen LogP contribution in [0.1, 0.15) is 57.6 Å². The number of benzene rings is 2. The molecule has 2 aromatic carbocycles. The monoisotopic (exact) mass is 515 g/mol. The zero-order valence-electron chi connectivity index (χ0n) is 22.1. The van der Waals surface area contributed by atoms with Crippen molar-refractivity contribution in [3.05, 3.63) is 65.7 Å². The zero-order valence-corrected chi connectivity index (χ0v) is 22.9. The molecule has 1 N–H and O–H groups in total. The molecule has 8 heteroatoms. The maximum atomic E-state index is 13.4. The normalized spacial score (nSPS) is 12.1. The van der Waals surface area contributed by atoms with Crippen molar-refractivity contribution >= 4 is 27.5 Å². The summed E-state index contributed by atoms with van der Waals surface area (Å²) in [6.07, 6.45) is 4.54. The minimum absolute atomic E-state index is 0.140. The van der Waals surface area contributed by atoms with Crippen LogP contribution in [0.2, 0.25) is 0 Å². The highest BCUT2D eigenvalue weighted by molar-refractivity contribution is 7.92. The van der Waals surface area contributed by atoms with Gasteiger partial charge in [-0.25, -0.2) is 8.42 Å². The van der Waals surface area contributed by atoms with E-state index in [9.17, 15) is 18.0 Å². The molecule has 0 aromatic heterocycles. The van der Waals surface area contributed by atoms with Crippen molar-refractivity contribution in [2.45, 2.75) is 65.3 Å². The molecule has 0 radical (unpaired) electrons. The quantitative estimate of drug-likeness (QED) is 0.386. The third-order valence-corrected chi connectivity index (χ3v) is 7.40. The second-order valence-electron chi connectivity index (χ2n) is 9.00. The van der Waals surface area contributed by atoms with Crippen LogP contribution < -0.4 is 9.62 Å². The van der Waals surface area contributed by atoms with Crippen LogP contribution in [0.3, 0.4) is 0 Å². The molecule has 0 bridgehead atoms. The molecule has 0 heterocycles. The SMILES string of the molecule is CCCNC(=O)[C@H](CC)N(CCc1ccccc1)C(=O)CCCN(c1ccc(CC)cc1)S(C)(=O)=O. The summed E-state index contributed by atoms with van der Waals surface area (Å²) in [6, 6.07) is 16.8. The Hall–Kier alpha value is -2.87. The van der Waals surface area contributed by atoms with Gasteiger partial charge in [-0.3, -0.25) is 13.9 Å². The van der Waals surface area contributed by atoms with Crippen molar-refractivity contribution in [3.8, 4) is 0 Å². The number of hydrogen-bond acceptors (Lipinski definition) is 4. The van der Waals surface area contributed by atoms with Gasteiger partial charge in [-0.15, -0.1) is 0 Å². The molecule has 36 heavy (non-hydrogen) atoms. The van der Waals surface area contributed by atoms with Crippen molar-refractivity contribution in [3.63, 3.8) is 0 Å². The Labute approximate surface area is 216 Å². The highest BCUT2D eigenvalue weighted by Crippen LogP contribution is 2.20. The first-order chi connectivity index (χ1) is 17.2. The predicted octanol–water partition coefficient (Wildman–Crippen LogP) is 4.17. The lowest BCUT2D eigenvalue weighted by atomic mass is 10.1. The molecule has 0 aliphatic carbocycles. The number of sulfonamides is 1. The number of nitrogens with one attached hydrogen (secondary N) is 1. The number of hydrogen-bond donors (Lipinski definition) is 1. The van der Waals surface area contributed by atoms with Crippen LogP contribution in [-0.2, 0) is 32.5 Å². The minimum atomic E-state index is -3.50. The summed E-state index contributed by atoms with van der Waals surface area (Å²) in [5, 5.41) is 2.92. The Morgan fingerprint density at radius 1 is 0.917 bits per heavy atom. The lowest BCUT2D eigenvalue weighted by Gasteiger charge is -2.31. The Bertz CT molecular complexity index is 1060. The van der Waals surface area contributed by atoms with Crippen molar-refractivity contribution in [2.75, 3.05) is 30.2 Å². The van der Waals surface area contributed by atoms with Gasteiger partial charge in [0.25, 0.3) is 0 Å². The molecule has 198 valence electrons. The number of nitrogens with zero attached hydrogens (tertiary/aromatic N) is 2. The van der Waals surface area contributed by atoms with Crippen LogP contribution in [0.4, 0.5) is 5.69 Å². The number of carbonyl (C=O) groups excluding carboxylic acids is 2. The first kappa shape index (κ1) is 29.4. The standard InChI is InChI=1S/C28H41N3O4S/c1-5-20-29-28(33)26(7-3)30(22-19-24-12-9-8-10-13-24)27(32)14-11-21-31(36(4,34)35)25-17-15-23(6-2)16-18-25/h8-10,12-13,15-18,26H,5-7,11,14,19-22H2,1-4H3,(H,29,33)/t26-/m0/s1. The minimum Gasteiger partial charge on any atom is -0.354 e. The second kappa shape index (κ2) is 14.6. The van der Waals surface area contributed by atoms with Gasteiger partial charge in [0.2, 0.25) is 21.8 Å². The van der Waals surface area contributed by atoms with Gasteiger partial charge >= 0.3 is 0 Å². The predicted molar refractivity (Wildman–Crippen MR) is 146 cm³/mol. The molecule has 0 unspecified atom stereocenters. The lowest BCUT2D eigenvalue weighted by Crippen LogP contribution is -2.50. The average Bonchev–Trinajstić information content (AvgIpc) is 2.87. The average molecular weight is 516 g/mol. The third kappa shape index (κ3) is 8.97.